The zero-order chi connectivity index (χ0) is 20.3. The van der Waals surface area contributed by atoms with E-state index in [4.69, 9.17) is 4.74 Å². The van der Waals surface area contributed by atoms with Crippen molar-refractivity contribution in [1.29, 1.82) is 0 Å². The van der Waals surface area contributed by atoms with Gasteiger partial charge in [-0.25, -0.2) is 9.69 Å². The number of nitrogens with zero attached hydrogens (tertiary/aromatic N) is 1. The highest BCUT2D eigenvalue weighted by atomic mass is 16.6. The third-order valence-corrected chi connectivity index (χ3v) is 4.73. The summed E-state index contributed by atoms with van der Waals surface area (Å²) in [6, 6.07) is 16.2. The average molecular weight is 380 g/mol. The Labute approximate surface area is 164 Å². The molecule has 1 heterocycles. The van der Waals surface area contributed by atoms with Crippen molar-refractivity contribution in [3.8, 4) is 0 Å². The molecular formula is C22H24N2O4. The molecule has 6 nitrogen and oxygen atoms in total. The van der Waals surface area contributed by atoms with Crippen molar-refractivity contribution in [3.05, 3.63) is 71.3 Å². The first-order chi connectivity index (χ1) is 13.3. The van der Waals surface area contributed by atoms with Gasteiger partial charge >= 0.3 is 6.09 Å². The van der Waals surface area contributed by atoms with Crippen LogP contribution in [-0.2, 0) is 14.9 Å². The highest BCUT2D eigenvalue weighted by Gasteiger charge is 2.33. The van der Waals surface area contributed by atoms with Crippen LogP contribution in [0.4, 0.5) is 4.79 Å². The molecule has 1 aliphatic rings. The molecule has 1 fully saturated rings. The van der Waals surface area contributed by atoms with E-state index in [-0.39, 0.29) is 24.5 Å². The predicted octanol–water partition coefficient (Wildman–Crippen LogP) is 3.43. The number of nitrogens with one attached hydrogen (secondary N) is 1. The number of benzene rings is 2. The fourth-order valence-electron chi connectivity index (χ4n) is 3.02. The van der Waals surface area contributed by atoms with Crippen LogP contribution < -0.4 is 5.32 Å². The lowest BCUT2D eigenvalue weighted by molar-refractivity contribution is -0.126. The number of amides is 3. The summed E-state index contributed by atoms with van der Waals surface area (Å²) in [6.45, 7) is 6.09. The quantitative estimate of drug-likeness (QED) is 0.862. The molecule has 0 aromatic heterocycles. The van der Waals surface area contributed by atoms with Gasteiger partial charge in [-0.1, -0.05) is 63.2 Å². The molecule has 3 rings (SSSR count). The van der Waals surface area contributed by atoms with Gasteiger partial charge in [-0.2, -0.15) is 0 Å². The summed E-state index contributed by atoms with van der Waals surface area (Å²) < 4.78 is 4.77. The van der Waals surface area contributed by atoms with Gasteiger partial charge in [-0.15, -0.1) is 0 Å². The van der Waals surface area contributed by atoms with E-state index in [9.17, 15) is 14.4 Å². The molecular weight excluding hydrogens is 356 g/mol. The van der Waals surface area contributed by atoms with Gasteiger partial charge in [0.1, 0.15) is 0 Å². The normalized spacial score (nSPS) is 15.3. The van der Waals surface area contributed by atoms with Crippen LogP contribution in [0.1, 0.15) is 48.3 Å². The lowest BCUT2D eigenvalue weighted by Gasteiger charge is -2.23. The van der Waals surface area contributed by atoms with Crippen molar-refractivity contribution in [3.63, 3.8) is 0 Å². The maximum Gasteiger partial charge on any atom is 0.417 e. The zero-order valence-corrected chi connectivity index (χ0v) is 16.3. The highest BCUT2D eigenvalue weighted by molar-refractivity contribution is 5.98. The summed E-state index contributed by atoms with van der Waals surface area (Å²) in [7, 11) is 0. The maximum absolute atomic E-state index is 12.8. The molecule has 146 valence electrons. The van der Waals surface area contributed by atoms with Gasteiger partial charge in [-0.3, -0.25) is 9.59 Å². The van der Waals surface area contributed by atoms with E-state index < -0.39 is 18.0 Å². The minimum Gasteiger partial charge on any atom is -0.439 e. The monoisotopic (exact) mass is 380 g/mol. The van der Waals surface area contributed by atoms with Crippen LogP contribution >= 0.6 is 0 Å². The lowest BCUT2D eigenvalue weighted by Crippen LogP contribution is -2.40. The van der Waals surface area contributed by atoms with Crippen LogP contribution in [0.5, 0.6) is 0 Å². The summed E-state index contributed by atoms with van der Waals surface area (Å²) >= 11 is 0. The van der Waals surface area contributed by atoms with Gasteiger partial charge in [0.15, 0.2) is 6.61 Å². The molecule has 2 aromatic rings. The molecule has 0 radical (unpaired) electrons. The van der Waals surface area contributed by atoms with Crippen LogP contribution in [0.15, 0.2) is 54.6 Å². The third kappa shape index (κ3) is 4.39. The van der Waals surface area contributed by atoms with Gasteiger partial charge in [0.05, 0.1) is 12.6 Å². The predicted molar refractivity (Wildman–Crippen MR) is 105 cm³/mol. The lowest BCUT2D eigenvalue weighted by atomic mass is 9.86. The number of imide groups is 1. The minimum atomic E-state index is -0.685. The maximum atomic E-state index is 12.8. The largest absolute Gasteiger partial charge is 0.439 e. The van der Waals surface area contributed by atoms with Crippen molar-refractivity contribution in [2.45, 2.75) is 32.2 Å². The molecule has 1 saturated heterocycles. The Morgan fingerprint density at radius 3 is 2.25 bits per heavy atom. The second-order valence-corrected chi connectivity index (χ2v) is 7.82. The van der Waals surface area contributed by atoms with Gasteiger partial charge in [0.25, 0.3) is 11.8 Å². The zero-order valence-electron chi connectivity index (χ0n) is 16.3. The Morgan fingerprint density at radius 1 is 1.07 bits per heavy atom. The number of carbonyl (C=O) groups excluding carboxylic acids is 3. The van der Waals surface area contributed by atoms with E-state index >= 15 is 0 Å². The Morgan fingerprint density at radius 2 is 1.71 bits per heavy atom. The number of hydrogen-bond acceptors (Lipinski definition) is 4. The summed E-state index contributed by atoms with van der Waals surface area (Å²) in [5.74, 6) is -0.677. The highest BCUT2D eigenvalue weighted by Crippen LogP contribution is 2.23. The van der Waals surface area contributed by atoms with Crippen molar-refractivity contribution >= 4 is 17.9 Å². The average Bonchev–Trinajstić information content (AvgIpc) is 2.99. The summed E-state index contributed by atoms with van der Waals surface area (Å²) in [5.41, 5.74) is 2.45. The molecule has 1 unspecified atom stereocenters. The van der Waals surface area contributed by atoms with E-state index in [0.29, 0.717) is 5.56 Å². The van der Waals surface area contributed by atoms with Crippen LogP contribution in [-0.4, -0.2) is 36.0 Å². The van der Waals surface area contributed by atoms with E-state index in [1.165, 1.54) is 0 Å². The second kappa shape index (κ2) is 7.84. The SMILES string of the molecule is CC(C)(C)c1ccc(C(=O)NC(CN2C(=O)COC2=O)c2ccccc2)cc1. The van der Waals surface area contributed by atoms with E-state index in [1.807, 2.05) is 42.5 Å². The first-order valence-electron chi connectivity index (χ1n) is 9.19. The van der Waals surface area contributed by atoms with Crippen LogP contribution in [0.25, 0.3) is 0 Å². The summed E-state index contributed by atoms with van der Waals surface area (Å²) in [6.07, 6.45) is -0.685. The third-order valence-electron chi connectivity index (χ3n) is 4.73. The molecule has 0 aliphatic carbocycles. The van der Waals surface area contributed by atoms with Gasteiger partial charge in [0, 0.05) is 5.56 Å². The first-order valence-corrected chi connectivity index (χ1v) is 9.19. The molecule has 1 atom stereocenters. The van der Waals surface area contributed by atoms with Crippen LogP contribution in [0.2, 0.25) is 0 Å². The number of hydrogen-bond donors (Lipinski definition) is 1. The van der Waals surface area contributed by atoms with Crippen LogP contribution in [0, 0.1) is 0 Å². The Bertz CT molecular complexity index is 854. The number of carbonyl (C=O) groups is 3. The molecule has 6 heteroatoms. The van der Waals surface area contributed by atoms with Gasteiger partial charge < -0.3 is 10.1 Å². The first kappa shape index (κ1) is 19.6. The van der Waals surface area contributed by atoms with Crippen molar-refractivity contribution in [2.24, 2.45) is 0 Å². The van der Waals surface area contributed by atoms with Gasteiger partial charge in [-0.05, 0) is 28.7 Å². The molecule has 3 amide bonds. The smallest absolute Gasteiger partial charge is 0.417 e. The number of cyclic esters (lactones) is 1. The standard InChI is InChI=1S/C22H24N2O4/c1-22(2,3)17-11-9-16(10-12-17)20(26)23-18(15-7-5-4-6-8-15)13-24-19(25)14-28-21(24)27/h4-12,18H,13-14H2,1-3H3,(H,23,26). The summed E-state index contributed by atoms with van der Waals surface area (Å²) in [5, 5.41) is 2.94. The van der Waals surface area contributed by atoms with Gasteiger partial charge in [0.2, 0.25) is 0 Å². The Balaban J connectivity index is 1.80. The molecule has 0 saturated carbocycles. The Hall–Kier alpha value is -3.15. The van der Waals surface area contributed by atoms with Crippen LogP contribution in [0.3, 0.4) is 0 Å². The fourth-order valence-corrected chi connectivity index (χ4v) is 3.02. The number of ether oxygens (including phenoxy) is 1. The van der Waals surface area contributed by atoms with Crippen molar-refractivity contribution in [1.82, 2.24) is 10.2 Å². The van der Waals surface area contributed by atoms with E-state index in [1.54, 1.807) is 12.1 Å². The molecule has 1 N–H and O–H groups in total. The molecule has 0 bridgehead atoms. The van der Waals surface area contributed by atoms with E-state index in [0.717, 1.165) is 16.0 Å². The molecule has 1 aliphatic heterocycles. The summed E-state index contributed by atoms with van der Waals surface area (Å²) in [4.78, 5) is 37.5. The van der Waals surface area contributed by atoms with Crippen molar-refractivity contribution < 1.29 is 19.1 Å². The molecule has 0 spiro atoms. The molecule has 28 heavy (non-hydrogen) atoms. The Kier molecular flexibility index (Phi) is 5.49. The fraction of sp³-hybridized carbons (Fsp3) is 0.318. The number of rotatable bonds is 5. The topological polar surface area (TPSA) is 75.7 Å². The minimum absolute atomic E-state index is 0.00193. The van der Waals surface area contributed by atoms with Crippen molar-refractivity contribution in [2.75, 3.05) is 13.2 Å². The van der Waals surface area contributed by atoms with E-state index in [2.05, 4.69) is 26.1 Å². The molecule has 2 aromatic carbocycles. The second-order valence-electron chi connectivity index (χ2n) is 7.82.